The van der Waals surface area contributed by atoms with Crippen LogP contribution < -0.4 is 0 Å². The molecule has 1 aliphatic carbocycles. The predicted molar refractivity (Wildman–Crippen MR) is 68.9 cm³/mol. The van der Waals surface area contributed by atoms with E-state index in [1.165, 1.54) is 26.4 Å². The largest absolute Gasteiger partial charge is 0.500 e. The second kappa shape index (κ2) is 6.64. The molecule has 0 N–H and O–H groups in total. The zero-order valence-corrected chi connectivity index (χ0v) is 10.9. The van der Waals surface area contributed by atoms with Crippen molar-refractivity contribution in [2.75, 3.05) is 14.2 Å². The van der Waals surface area contributed by atoms with Crippen molar-refractivity contribution in [3.8, 4) is 12.1 Å². The topological polar surface area (TPSA) is 74.8 Å². The molecule has 0 amide bonds. The van der Waals surface area contributed by atoms with Crippen LogP contribution in [-0.4, -0.2) is 20.3 Å². The van der Waals surface area contributed by atoms with Gasteiger partial charge in [-0.25, -0.2) is 16.7 Å². The number of rotatable bonds is 3. The van der Waals surface area contributed by atoms with Gasteiger partial charge in [-0.2, -0.15) is 5.26 Å². The maximum atomic E-state index is 8.99. The zero-order chi connectivity index (χ0) is 15.1. The number of nitrogens with zero attached hydrogens (tertiary/aromatic N) is 4. The summed E-state index contributed by atoms with van der Waals surface area (Å²) in [5.74, 6) is 0.0406. The monoisotopic (exact) mass is 266 g/mol. The second-order valence-electron chi connectivity index (χ2n) is 3.70. The minimum atomic E-state index is -0.952. The van der Waals surface area contributed by atoms with E-state index in [2.05, 4.69) is 9.69 Å². The molecule has 0 bridgehead atoms. The Bertz CT molecular complexity index is 629. The second-order valence-corrected chi connectivity index (χ2v) is 3.70. The molecule has 0 aromatic rings. The lowest BCUT2D eigenvalue weighted by molar-refractivity contribution is 0.242. The van der Waals surface area contributed by atoms with Gasteiger partial charge in [0.2, 0.25) is 0 Å². The molecule has 6 nitrogen and oxygen atoms in total. The van der Waals surface area contributed by atoms with Crippen molar-refractivity contribution in [3.63, 3.8) is 0 Å². The summed E-state index contributed by atoms with van der Waals surface area (Å²) in [5.41, 5.74) is 0.155. The summed E-state index contributed by atoms with van der Waals surface area (Å²) in [4.78, 5) is 6.36. The molecule has 1 rings (SSSR count). The van der Waals surface area contributed by atoms with E-state index in [4.69, 9.17) is 33.1 Å². The van der Waals surface area contributed by atoms with Crippen LogP contribution in [0.15, 0.2) is 34.9 Å². The number of ether oxygens (including phenoxy) is 2. The molecule has 2 atom stereocenters. The van der Waals surface area contributed by atoms with Gasteiger partial charge in [-0.15, -0.1) is 0 Å². The molecular formula is C14H10N4O2. The van der Waals surface area contributed by atoms with Crippen molar-refractivity contribution >= 4 is 0 Å². The molecule has 6 heteroatoms. The van der Waals surface area contributed by atoms with Gasteiger partial charge >= 0.3 is 6.04 Å². The summed E-state index contributed by atoms with van der Waals surface area (Å²) in [6.45, 7) is 14.0. The lowest BCUT2D eigenvalue weighted by Crippen LogP contribution is -2.21. The molecule has 2 unspecified atom stereocenters. The van der Waals surface area contributed by atoms with Crippen molar-refractivity contribution in [1.29, 1.82) is 10.5 Å². The molecular weight excluding hydrogens is 256 g/mol. The molecule has 0 heterocycles. The molecule has 0 saturated carbocycles. The third-order valence-corrected chi connectivity index (χ3v) is 2.75. The van der Waals surface area contributed by atoms with Gasteiger partial charge < -0.3 is 9.47 Å². The first-order valence-electron chi connectivity index (χ1n) is 5.46. The Hall–Kier alpha value is -3.22. The fourth-order valence-electron chi connectivity index (χ4n) is 1.78. The van der Waals surface area contributed by atoms with Crippen molar-refractivity contribution in [1.82, 2.24) is 0 Å². The highest BCUT2D eigenvalue weighted by Crippen LogP contribution is 2.33. The predicted octanol–water partition coefficient (Wildman–Crippen LogP) is 2.19. The molecule has 0 saturated heterocycles. The summed E-state index contributed by atoms with van der Waals surface area (Å²) in [6, 6.07) is 2.71. The highest BCUT2D eigenvalue weighted by molar-refractivity contribution is 5.53. The van der Waals surface area contributed by atoms with Gasteiger partial charge in [0.25, 0.3) is 5.70 Å². The minimum absolute atomic E-state index is 0.137. The van der Waals surface area contributed by atoms with Gasteiger partial charge in [0.15, 0.2) is 6.07 Å². The Morgan fingerprint density at radius 3 is 2.45 bits per heavy atom. The van der Waals surface area contributed by atoms with E-state index in [1.54, 1.807) is 6.07 Å². The Labute approximate surface area is 117 Å². The number of allylic oxidation sites excluding steroid dienone is 2. The van der Waals surface area contributed by atoms with Crippen LogP contribution in [0.25, 0.3) is 9.69 Å². The van der Waals surface area contributed by atoms with Crippen molar-refractivity contribution in [2.24, 2.45) is 5.92 Å². The first kappa shape index (κ1) is 14.8. The van der Waals surface area contributed by atoms with Crippen LogP contribution in [0.2, 0.25) is 0 Å². The highest BCUT2D eigenvalue weighted by atomic mass is 16.5. The molecule has 1 aliphatic rings. The lowest BCUT2D eigenvalue weighted by Gasteiger charge is -2.21. The normalized spacial score (nSPS) is 20.8. The standard InChI is InChI=1S/C14H10N4O2/c1-17-11(7-15)9-5-14(20-4)10(6-13(9)19-3)12(8-16)18-2/h5-6,9,11H,3-4H3/b12-10+. The summed E-state index contributed by atoms with van der Waals surface area (Å²) in [6.07, 6.45) is 3.00. The molecule has 0 aliphatic heterocycles. The quantitative estimate of drug-likeness (QED) is 0.579. The van der Waals surface area contributed by atoms with Gasteiger partial charge in [-0.1, -0.05) is 0 Å². The van der Waals surface area contributed by atoms with Crippen LogP contribution in [0.4, 0.5) is 0 Å². The number of hydrogen-bond donors (Lipinski definition) is 0. The first-order valence-corrected chi connectivity index (χ1v) is 5.46. The van der Waals surface area contributed by atoms with Crippen LogP contribution in [0.5, 0.6) is 0 Å². The molecule has 98 valence electrons. The third kappa shape index (κ3) is 2.61. The van der Waals surface area contributed by atoms with Gasteiger partial charge in [0, 0.05) is 5.57 Å². The Morgan fingerprint density at radius 1 is 1.35 bits per heavy atom. The average molecular weight is 266 g/mol. The maximum Gasteiger partial charge on any atom is 0.320 e. The van der Waals surface area contributed by atoms with E-state index >= 15 is 0 Å². The highest BCUT2D eigenvalue weighted by Gasteiger charge is 2.34. The first-order chi connectivity index (χ1) is 9.66. The average Bonchev–Trinajstić information content (AvgIpc) is 2.50. The van der Waals surface area contributed by atoms with E-state index in [-0.39, 0.29) is 11.5 Å². The van der Waals surface area contributed by atoms with Crippen molar-refractivity contribution in [3.05, 3.63) is 57.8 Å². The van der Waals surface area contributed by atoms with Crippen LogP contribution in [0, 0.1) is 41.7 Å². The molecule has 0 aromatic heterocycles. The van der Waals surface area contributed by atoms with Gasteiger partial charge in [-0.05, 0) is 12.2 Å². The fraction of sp³-hybridized carbons (Fsp3) is 0.286. The Balaban J connectivity index is 3.46. The fourth-order valence-corrected chi connectivity index (χ4v) is 1.78. The van der Waals surface area contributed by atoms with E-state index < -0.39 is 12.0 Å². The molecule has 0 fully saturated rings. The van der Waals surface area contributed by atoms with Crippen molar-refractivity contribution in [2.45, 2.75) is 6.04 Å². The van der Waals surface area contributed by atoms with Crippen LogP contribution >= 0.6 is 0 Å². The van der Waals surface area contributed by atoms with Crippen molar-refractivity contribution < 1.29 is 9.47 Å². The van der Waals surface area contributed by atoms with E-state index in [9.17, 15) is 0 Å². The Kier molecular flexibility index (Phi) is 4.93. The smallest absolute Gasteiger partial charge is 0.320 e. The number of methoxy groups -OCH3 is 2. The van der Waals surface area contributed by atoms with Crippen LogP contribution in [0.3, 0.4) is 0 Å². The number of nitriles is 2. The molecule has 0 spiro atoms. The van der Waals surface area contributed by atoms with Crippen LogP contribution in [-0.2, 0) is 9.47 Å². The summed E-state index contributed by atoms with van der Waals surface area (Å²) in [5, 5.41) is 17.9. The Morgan fingerprint density at radius 2 is 2.05 bits per heavy atom. The van der Waals surface area contributed by atoms with Gasteiger partial charge in [-0.3, -0.25) is 4.85 Å². The van der Waals surface area contributed by atoms with E-state index in [0.717, 1.165) is 0 Å². The molecule has 0 aromatic carbocycles. The maximum absolute atomic E-state index is 8.99. The SMILES string of the molecule is [C-]#[N+]/C(C#N)=C1\C=C(OC)C(C(C#N)[N+]#[C-])C=C1OC. The summed E-state index contributed by atoms with van der Waals surface area (Å²) >= 11 is 0. The number of hydrogen-bond acceptors (Lipinski definition) is 4. The van der Waals surface area contributed by atoms with Gasteiger partial charge in [0.05, 0.1) is 26.9 Å². The lowest BCUT2D eigenvalue weighted by atomic mass is 9.90. The minimum Gasteiger partial charge on any atom is -0.500 e. The van der Waals surface area contributed by atoms with E-state index in [0.29, 0.717) is 11.3 Å². The molecule has 20 heavy (non-hydrogen) atoms. The molecule has 0 radical (unpaired) electrons. The third-order valence-electron chi connectivity index (χ3n) is 2.75. The summed E-state index contributed by atoms with van der Waals surface area (Å²) in [7, 11) is 2.80. The van der Waals surface area contributed by atoms with Crippen LogP contribution in [0.1, 0.15) is 0 Å². The zero-order valence-electron chi connectivity index (χ0n) is 10.9. The van der Waals surface area contributed by atoms with Gasteiger partial charge in [0.1, 0.15) is 17.4 Å². The summed E-state index contributed by atoms with van der Waals surface area (Å²) < 4.78 is 10.3. The van der Waals surface area contributed by atoms with E-state index in [1.807, 2.05) is 6.07 Å².